The number of carbonyl (C=O) groups is 1. The summed E-state index contributed by atoms with van der Waals surface area (Å²) in [4.78, 5) is 23.9. The number of fused-ring (bicyclic) bond motifs is 4. The van der Waals surface area contributed by atoms with Crippen LogP contribution in [-0.4, -0.2) is 46.5 Å². The Kier molecular flexibility index (Phi) is 4.55. The highest BCUT2D eigenvalue weighted by Crippen LogP contribution is 2.39. The summed E-state index contributed by atoms with van der Waals surface area (Å²) in [7, 11) is 0. The van der Waals surface area contributed by atoms with Gasteiger partial charge in [0.25, 0.3) is 0 Å². The van der Waals surface area contributed by atoms with Gasteiger partial charge in [-0.2, -0.15) is 13.2 Å². The minimum absolute atomic E-state index is 0.108. The van der Waals surface area contributed by atoms with Gasteiger partial charge in [-0.25, -0.2) is 9.97 Å². The maximum Gasteiger partial charge on any atom is 0.451 e. The van der Waals surface area contributed by atoms with Gasteiger partial charge in [0, 0.05) is 43.9 Å². The van der Waals surface area contributed by atoms with Crippen molar-refractivity contribution < 1.29 is 18.0 Å². The SMILES string of the molecule is CC(C)c1cc(N2C[C@@H]3C[C@H](C2)[C@@H]2CCCC(=O)N2C3)nc(C(F)(F)F)n1. The molecule has 8 heteroatoms. The zero-order chi connectivity index (χ0) is 19.3. The quantitative estimate of drug-likeness (QED) is 0.786. The highest BCUT2D eigenvalue weighted by atomic mass is 19.4. The lowest BCUT2D eigenvalue weighted by Gasteiger charge is -2.52. The van der Waals surface area contributed by atoms with E-state index in [2.05, 4.69) is 9.97 Å². The number of alkyl halides is 3. The van der Waals surface area contributed by atoms with Crippen LogP contribution in [0, 0.1) is 11.8 Å². The molecule has 4 heterocycles. The molecule has 3 fully saturated rings. The maximum absolute atomic E-state index is 13.3. The third-order valence-corrected chi connectivity index (χ3v) is 6.08. The van der Waals surface area contributed by atoms with Crippen LogP contribution in [0.15, 0.2) is 6.07 Å². The molecule has 3 atom stereocenters. The average Bonchev–Trinajstić information content (AvgIpc) is 2.61. The third kappa shape index (κ3) is 3.50. The van der Waals surface area contributed by atoms with E-state index in [0.29, 0.717) is 43.5 Å². The second-order valence-corrected chi connectivity index (χ2v) is 8.40. The van der Waals surface area contributed by atoms with Gasteiger partial charge in [-0.3, -0.25) is 4.79 Å². The number of halogens is 3. The van der Waals surface area contributed by atoms with E-state index in [1.54, 1.807) is 6.07 Å². The number of aromatic nitrogens is 2. The summed E-state index contributed by atoms with van der Waals surface area (Å²) in [6.45, 7) is 5.67. The van der Waals surface area contributed by atoms with Crippen molar-refractivity contribution in [2.75, 3.05) is 24.5 Å². The predicted octanol–water partition coefficient (Wildman–Crippen LogP) is 3.46. The van der Waals surface area contributed by atoms with Gasteiger partial charge >= 0.3 is 6.18 Å². The molecule has 148 valence electrons. The minimum Gasteiger partial charge on any atom is -0.356 e. The summed E-state index contributed by atoms with van der Waals surface area (Å²) in [6.07, 6.45) is -0.995. The van der Waals surface area contributed by atoms with Crippen LogP contribution in [0.1, 0.15) is 57.0 Å². The highest BCUT2D eigenvalue weighted by Gasteiger charge is 2.44. The van der Waals surface area contributed by atoms with Gasteiger partial charge in [-0.05, 0) is 37.0 Å². The van der Waals surface area contributed by atoms with Crippen molar-refractivity contribution >= 4 is 11.7 Å². The first-order valence-electron chi connectivity index (χ1n) is 9.73. The summed E-state index contributed by atoms with van der Waals surface area (Å²) in [5, 5.41) is 0. The van der Waals surface area contributed by atoms with E-state index in [4.69, 9.17) is 0 Å². The molecule has 0 N–H and O–H groups in total. The van der Waals surface area contributed by atoms with E-state index in [9.17, 15) is 18.0 Å². The first-order valence-corrected chi connectivity index (χ1v) is 9.73. The summed E-state index contributed by atoms with van der Waals surface area (Å²) in [5.41, 5.74) is 0.414. The van der Waals surface area contributed by atoms with Crippen molar-refractivity contribution in [3.63, 3.8) is 0 Å². The molecule has 1 amide bonds. The summed E-state index contributed by atoms with van der Waals surface area (Å²) in [6, 6.07) is 1.92. The van der Waals surface area contributed by atoms with Gasteiger partial charge in [-0.1, -0.05) is 13.8 Å². The van der Waals surface area contributed by atoms with Crippen LogP contribution in [0.3, 0.4) is 0 Å². The van der Waals surface area contributed by atoms with Gasteiger partial charge in [0.1, 0.15) is 5.82 Å². The van der Waals surface area contributed by atoms with Crippen molar-refractivity contribution in [2.24, 2.45) is 11.8 Å². The molecule has 0 unspecified atom stereocenters. The van der Waals surface area contributed by atoms with Crippen LogP contribution in [0.25, 0.3) is 0 Å². The van der Waals surface area contributed by atoms with Crippen LogP contribution in [0.2, 0.25) is 0 Å². The topological polar surface area (TPSA) is 49.3 Å². The van der Waals surface area contributed by atoms with Gasteiger partial charge in [0.15, 0.2) is 0 Å². The molecular weight excluding hydrogens is 357 g/mol. The molecule has 4 rings (SSSR count). The highest BCUT2D eigenvalue weighted by molar-refractivity contribution is 5.77. The smallest absolute Gasteiger partial charge is 0.356 e. The molecule has 1 aromatic heterocycles. The van der Waals surface area contributed by atoms with Gasteiger partial charge in [0.05, 0.1) is 0 Å². The second-order valence-electron chi connectivity index (χ2n) is 8.40. The predicted molar refractivity (Wildman–Crippen MR) is 94.3 cm³/mol. The number of rotatable bonds is 2. The van der Waals surface area contributed by atoms with E-state index < -0.39 is 12.0 Å². The van der Waals surface area contributed by atoms with Crippen molar-refractivity contribution in [3.05, 3.63) is 17.6 Å². The van der Waals surface area contributed by atoms with E-state index in [1.807, 2.05) is 23.6 Å². The molecule has 3 aliphatic heterocycles. The number of anilines is 1. The first-order chi connectivity index (χ1) is 12.7. The molecule has 2 bridgehead atoms. The normalized spacial score (nSPS) is 28.5. The maximum atomic E-state index is 13.3. The fourth-order valence-corrected chi connectivity index (χ4v) is 4.83. The van der Waals surface area contributed by atoms with E-state index in [0.717, 1.165) is 19.3 Å². The minimum atomic E-state index is -4.56. The zero-order valence-corrected chi connectivity index (χ0v) is 15.7. The fraction of sp³-hybridized carbons (Fsp3) is 0.737. The Labute approximate surface area is 157 Å². The third-order valence-electron chi connectivity index (χ3n) is 6.08. The van der Waals surface area contributed by atoms with Crippen LogP contribution < -0.4 is 4.90 Å². The molecule has 3 aliphatic rings. The standard InChI is InChI=1S/C19H25F3N4O/c1-11(2)14-7-16(24-18(23-14)19(20,21)22)25-8-12-6-13(10-25)15-4-3-5-17(27)26(15)9-12/h7,11-13,15H,3-6,8-10H2,1-2H3/t12-,13+,15-/m0/s1. The van der Waals surface area contributed by atoms with Crippen LogP contribution in [0.4, 0.5) is 19.0 Å². The molecule has 0 aliphatic carbocycles. The molecule has 0 spiro atoms. The Morgan fingerprint density at radius 1 is 1.19 bits per heavy atom. The number of carbonyl (C=O) groups excluding carboxylic acids is 1. The van der Waals surface area contributed by atoms with Gasteiger partial charge in [0.2, 0.25) is 11.7 Å². The average molecular weight is 382 g/mol. The molecule has 0 radical (unpaired) electrons. The Morgan fingerprint density at radius 3 is 2.67 bits per heavy atom. The molecule has 3 saturated heterocycles. The second kappa shape index (κ2) is 6.63. The van der Waals surface area contributed by atoms with Crippen LogP contribution >= 0.6 is 0 Å². The van der Waals surface area contributed by atoms with Crippen molar-refractivity contribution in [1.29, 1.82) is 0 Å². The molecule has 27 heavy (non-hydrogen) atoms. The monoisotopic (exact) mass is 382 g/mol. The van der Waals surface area contributed by atoms with E-state index in [-0.39, 0.29) is 23.8 Å². The van der Waals surface area contributed by atoms with E-state index >= 15 is 0 Å². The summed E-state index contributed by atoms with van der Waals surface area (Å²) < 4.78 is 39.9. The van der Waals surface area contributed by atoms with Gasteiger partial charge < -0.3 is 9.80 Å². The first kappa shape index (κ1) is 18.5. The number of nitrogens with zero attached hydrogens (tertiary/aromatic N) is 4. The largest absolute Gasteiger partial charge is 0.451 e. The Morgan fingerprint density at radius 2 is 1.96 bits per heavy atom. The Hall–Kier alpha value is -1.86. The number of hydrogen-bond acceptors (Lipinski definition) is 4. The van der Waals surface area contributed by atoms with Crippen LogP contribution in [-0.2, 0) is 11.0 Å². The molecular formula is C19H25F3N4O. The van der Waals surface area contributed by atoms with Gasteiger partial charge in [-0.15, -0.1) is 0 Å². The number of amides is 1. The number of hydrogen-bond donors (Lipinski definition) is 0. The summed E-state index contributed by atoms with van der Waals surface area (Å²) in [5.74, 6) is 0.0177. The Bertz CT molecular complexity index is 736. The number of piperidine rings is 3. The lowest BCUT2D eigenvalue weighted by atomic mass is 9.76. The van der Waals surface area contributed by atoms with Crippen molar-refractivity contribution in [2.45, 2.75) is 57.7 Å². The van der Waals surface area contributed by atoms with Crippen LogP contribution in [0.5, 0.6) is 0 Å². The lowest BCUT2D eigenvalue weighted by Crippen LogP contribution is -2.60. The van der Waals surface area contributed by atoms with Crippen molar-refractivity contribution in [1.82, 2.24) is 14.9 Å². The molecule has 5 nitrogen and oxygen atoms in total. The molecule has 0 aromatic carbocycles. The lowest BCUT2D eigenvalue weighted by molar-refractivity contribution is -0.145. The fourth-order valence-electron chi connectivity index (χ4n) is 4.83. The molecule has 0 saturated carbocycles. The van der Waals surface area contributed by atoms with E-state index in [1.165, 1.54) is 0 Å². The van der Waals surface area contributed by atoms with Crippen molar-refractivity contribution in [3.8, 4) is 0 Å². The Balaban J connectivity index is 1.63. The zero-order valence-electron chi connectivity index (χ0n) is 15.7. The summed E-state index contributed by atoms with van der Waals surface area (Å²) >= 11 is 0. The molecule has 1 aromatic rings.